The molecular weight excluding hydrogens is 364 g/mol. The number of esters is 1. The maximum atomic E-state index is 12.5. The largest absolute Gasteiger partial charge is 0.459 e. The molecule has 0 aliphatic rings. The number of rotatable bonds is 9. The molecule has 0 bridgehead atoms. The van der Waals surface area contributed by atoms with E-state index in [1.807, 2.05) is 30.3 Å². The molecule has 5 N–H and O–H groups in total. The van der Waals surface area contributed by atoms with Gasteiger partial charge in [0.2, 0.25) is 17.7 Å². The lowest BCUT2D eigenvalue weighted by molar-refractivity contribution is -0.154. The van der Waals surface area contributed by atoms with Gasteiger partial charge in [0.05, 0.1) is 13.1 Å². The van der Waals surface area contributed by atoms with Crippen molar-refractivity contribution in [3.63, 3.8) is 0 Å². The summed E-state index contributed by atoms with van der Waals surface area (Å²) in [5.41, 5.74) is 5.33. The average Bonchev–Trinajstić information content (AvgIpc) is 2.63. The molecule has 1 aromatic rings. The van der Waals surface area contributed by atoms with Crippen molar-refractivity contribution in [2.24, 2.45) is 5.73 Å². The zero-order chi connectivity index (χ0) is 21.2. The van der Waals surface area contributed by atoms with Crippen molar-refractivity contribution >= 4 is 23.7 Å². The minimum absolute atomic E-state index is 0.220. The first-order valence-corrected chi connectivity index (χ1v) is 8.90. The molecule has 0 aliphatic carbocycles. The van der Waals surface area contributed by atoms with Gasteiger partial charge in [0.15, 0.2) is 0 Å². The molecule has 154 valence electrons. The Morgan fingerprint density at radius 3 is 2.21 bits per heavy atom. The fourth-order valence-corrected chi connectivity index (χ4v) is 2.22. The number of benzene rings is 1. The lowest BCUT2D eigenvalue weighted by Gasteiger charge is -2.21. The monoisotopic (exact) mass is 392 g/mol. The highest BCUT2D eigenvalue weighted by Gasteiger charge is 2.23. The van der Waals surface area contributed by atoms with Crippen molar-refractivity contribution in [3.05, 3.63) is 35.9 Å². The van der Waals surface area contributed by atoms with Gasteiger partial charge >= 0.3 is 5.97 Å². The molecular formula is C19H28N4O5. The van der Waals surface area contributed by atoms with Crippen LogP contribution in [-0.2, 0) is 30.3 Å². The molecule has 0 saturated heterocycles. The molecule has 0 saturated carbocycles. The Morgan fingerprint density at radius 1 is 1.00 bits per heavy atom. The molecule has 0 spiro atoms. The van der Waals surface area contributed by atoms with Gasteiger partial charge in [-0.15, -0.1) is 0 Å². The summed E-state index contributed by atoms with van der Waals surface area (Å²) in [6.45, 7) is 4.31. The van der Waals surface area contributed by atoms with Gasteiger partial charge in [0, 0.05) is 6.42 Å². The number of ether oxygens (including phenoxy) is 1. The highest BCUT2D eigenvalue weighted by atomic mass is 16.6. The molecule has 0 unspecified atom stereocenters. The van der Waals surface area contributed by atoms with Crippen molar-refractivity contribution in [2.45, 2.75) is 38.8 Å². The van der Waals surface area contributed by atoms with Gasteiger partial charge in [0.1, 0.15) is 18.2 Å². The number of carbonyl (C=O) groups is 4. The molecule has 3 amide bonds. The van der Waals surface area contributed by atoms with E-state index in [1.165, 1.54) is 0 Å². The molecule has 1 atom stereocenters. The van der Waals surface area contributed by atoms with Crippen molar-refractivity contribution in [2.75, 3.05) is 19.6 Å². The van der Waals surface area contributed by atoms with E-state index in [9.17, 15) is 19.2 Å². The van der Waals surface area contributed by atoms with E-state index < -0.39 is 35.3 Å². The normalized spacial score (nSPS) is 11.9. The summed E-state index contributed by atoms with van der Waals surface area (Å²) in [6, 6.07) is 8.17. The Morgan fingerprint density at radius 2 is 1.64 bits per heavy atom. The predicted octanol–water partition coefficient (Wildman–Crippen LogP) is -0.753. The zero-order valence-electron chi connectivity index (χ0n) is 16.4. The van der Waals surface area contributed by atoms with E-state index in [0.29, 0.717) is 0 Å². The number of hydrogen-bond donors (Lipinski definition) is 4. The maximum Gasteiger partial charge on any atom is 0.325 e. The molecule has 28 heavy (non-hydrogen) atoms. The van der Waals surface area contributed by atoms with Crippen molar-refractivity contribution in [3.8, 4) is 0 Å². The maximum absolute atomic E-state index is 12.5. The first-order valence-electron chi connectivity index (χ1n) is 8.90. The standard InChI is InChI=1S/C19H28N4O5/c1-19(2,3)28-17(26)12-22-18(27)14(9-13-7-5-4-6-8-13)23-16(25)11-21-15(24)10-20/h4-8,14H,9-12,20H2,1-3H3,(H,21,24)(H,22,27)(H,23,25)/t14-/m0/s1. The third kappa shape index (κ3) is 9.67. The van der Waals surface area contributed by atoms with Crippen LogP contribution in [-0.4, -0.2) is 55.0 Å². The van der Waals surface area contributed by atoms with Crippen molar-refractivity contribution < 1.29 is 23.9 Å². The van der Waals surface area contributed by atoms with Gasteiger partial charge in [-0.05, 0) is 26.3 Å². The van der Waals surface area contributed by atoms with E-state index in [4.69, 9.17) is 10.5 Å². The van der Waals surface area contributed by atoms with Gasteiger partial charge in [-0.25, -0.2) is 0 Å². The second-order valence-electron chi connectivity index (χ2n) is 7.09. The molecule has 0 aliphatic heterocycles. The van der Waals surface area contributed by atoms with Gasteiger partial charge in [-0.2, -0.15) is 0 Å². The van der Waals surface area contributed by atoms with Crippen LogP contribution in [0.15, 0.2) is 30.3 Å². The van der Waals surface area contributed by atoms with E-state index in [1.54, 1.807) is 20.8 Å². The summed E-state index contributed by atoms with van der Waals surface area (Å²) in [6.07, 6.45) is 0.220. The molecule has 1 rings (SSSR count). The lowest BCUT2D eigenvalue weighted by Crippen LogP contribution is -2.51. The van der Waals surface area contributed by atoms with Crippen LogP contribution in [0, 0.1) is 0 Å². The average molecular weight is 392 g/mol. The first kappa shape index (κ1) is 23.1. The van der Waals surface area contributed by atoms with Gasteiger partial charge < -0.3 is 26.4 Å². The third-order valence-corrected chi connectivity index (χ3v) is 3.39. The first-order chi connectivity index (χ1) is 13.1. The summed E-state index contributed by atoms with van der Waals surface area (Å²) in [5.74, 6) is -2.15. The topological polar surface area (TPSA) is 140 Å². The van der Waals surface area contributed by atoms with E-state index >= 15 is 0 Å². The zero-order valence-corrected chi connectivity index (χ0v) is 16.4. The van der Waals surface area contributed by atoms with Crippen LogP contribution >= 0.6 is 0 Å². The number of amides is 3. The Bertz CT molecular complexity index is 685. The van der Waals surface area contributed by atoms with E-state index in [-0.39, 0.29) is 26.1 Å². The van der Waals surface area contributed by atoms with Gasteiger partial charge in [0.25, 0.3) is 0 Å². The fourth-order valence-electron chi connectivity index (χ4n) is 2.22. The summed E-state index contributed by atoms with van der Waals surface area (Å²) in [5, 5.41) is 7.36. The predicted molar refractivity (Wildman–Crippen MR) is 103 cm³/mol. The van der Waals surface area contributed by atoms with Crippen LogP contribution in [0.25, 0.3) is 0 Å². The SMILES string of the molecule is CC(C)(C)OC(=O)CNC(=O)[C@H](Cc1ccccc1)NC(=O)CNC(=O)CN. The molecule has 0 fully saturated rings. The van der Waals surface area contributed by atoms with Crippen molar-refractivity contribution in [1.82, 2.24) is 16.0 Å². The minimum Gasteiger partial charge on any atom is -0.459 e. The number of nitrogens with two attached hydrogens (primary N) is 1. The highest BCUT2D eigenvalue weighted by Crippen LogP contribution is 2.07. The lowest BCUT2D eigenvalue weighted by atomic mass is 10.1. The van der Waals surface area contributed by atoms with Crippen LogP contribution in [0.4, 0.5) is 0 Å². The van der Waals surface area contributed by atoms with Crippen LogP contribution in [0.5, 0.6) is 0 Å². The molecule has 9 nitrogen and oxygen atoms in total. The van der Waals surface area contributed by atoms with Crippen LogP contribution < -0.4 is 21.7 Å². The third-order valence-electron chi connectivity index (χ3n) is 3.39. The Kier molecular flexibility index (Phi) is 9.10. The molecule has 1 aromatic carbocycles. The van der Waals surface area contributed by atoms with E-state index in [2.05, 4.69) is 16.0 Å². The second kappa shape index (κ2) is 11.0. The second-order valence-corrected chi connectivity index (χ2v) is 7.09. The molecule has 9 heteroatoms. The van der Waals surface area contributed by atoms with Gasteiger partial charge in [-0.3, -0.25) is 19.2 Å². The van der Waals surface area contributed by atoms with Gasteiger partial charge in [-0.1, -0.05) is 30.3 Å². The minimum atomic E-state index is -0.924. The van der Waals surface area contributed by atoms with Crippen LogP contribution in [0.1, 0.15) is 26.3 Å². The molecule has 0 heterocycles. The number of hydrogen-bond acceptors (Lipinski definition) is 6. The summed E-state index contributed by atoms with van der Waals surface area (Å²) in [7, 11) is 0. The molecule has 0 aromatic heterocycles. The Hall–Kier alpha value is -2.94. The van der Waals surface area contributed by atoms with Crippen LogP contribution in [0.2, 0.25) is 0 Å². The quantitative estimate of drug-likeness (QED) is 0.408. The Balaban J connectivity index is 2.71. The fraction of sp³-hybridized carbons (Fsp3) is 0.474. The number of carbonyl (C=O) groups excluding carboxylic acids is 4. The summed E-state index contributed by atoms with van der Waals surface area (Å²) >= 11 is 0. The van der Waals surface area contributed by atoms with E-state index in [0.717, 1.165) is 5.56 Å². The summed E-state index contributed by atoms with van der Waals surface area (Å²) < 4.78 is 5.14. The van der Waals surface area contributed by atoms with Crippen LogP contribution in [0.3, 0.4) is 0 Å². The smallest absolute Gasteiger partial charge is 0.325 e. The highest BCUT2D eigenvalue weighted by molar-refractivity contribution is 5.91. The van der Waals surface area contributed by atoms with Crippen molar-refractivity contribution in [1.29, 1.82) is 0 Å². The molecule has 0 radical (unpaired) electrons. The summed E-state index contributed by atoms with van der Waals surface area (Å²) in [4.78, 5) is 47.5. The Labute approximate surface area is 164 Å². The number of nitrogens with one attached hydrogen (secondary N) is 3.